The summed E-state index contributed by atoms with van der Waals surface area (Å²) in [6, 6.07) is 0. The predicted octanol–water partition coefficient (Wildman–Crippen LogP) is 1.69. The van der Waals surface area contributed by atoms with Gasteiger partial charge in [0.25, 0.3) is 0 Å². The summed E-state index contributed by atoms with van der Waals surface area (Å²) < 4.78 is 0. The Morgan fingerprint density at radius 1 is 1.75 bits per heavy atom. The molecular weight excluding hydrogens is 218 g/mol. The third kappa shape index (κ3) is 3.77. The molecule has 0 aromatic carbocycles. The van der Waals surface area contributed by atoms with Crippen molar-refractivity contribution in [2.75, 3.05) is 0 Å². The predicted molar refractivity (Wildman–Crippen MR) is 54.1 cm³/mol. The van der Waals surface area contributed by atoms with Crippen molar-refractivity contribution in [3.63, 3.8) is 0 Å². The first-order chi connectivity index (χ1) is 5.43. The van der Waals surface area contributed by atoms with Gasteiger partial charge in [-0.1, -0.05) is 28.8 Å². The number of carbonyl (C=O) groups is 1. The second kappa shape index (κ2) is 4.51. The van der Waals surface area contributed by atoms with Crippen LogP contribution in [-0.2, 0) is 4.79 Å². The smallest absolute Gasteiger partial charge is 0.234 e. The summed E-state index contributed by atoms with van der Waals surface area (Å²) >= 11 is 3.24. The molecule has 0 fully saturated rings. The maximum atomic E-state index is 11.3. The van der Waals surface area contributed by atoms with Crippen LogP contribution in [0.2, 0.25) is 0 Å². The Morgan fingerprint density at radius 3 is 2.58 bits per heavy atom. The molecule has 0 saturated heterocycles. The Labute approximate surface area is 82.2 Å². The highest BCUT2D eigenvalue weighted by Gasteiger charge is 2.20. The van der Waals surface area contributed by atoms with Gasteiger partial charge in [-0.15, -0.1) is 6.42 Å². The Morgan fingerprint density at radius 2 is 2.25 bits per heavy atom. The fourth-order valence-corrected chi connectivity index (χ4v) is 0.722. The van der Waals surface area contributed by atoms with Crippen LogP contribution in [0.5, 0.6) is 0 Å². The first-order valence-corrected chi connectivity index (χ1v) is 4.78. The molecule has 0 aliphatic carbocycles. The van der Waals surface area contributed by atoms with E-state index in [0.29, 0.717) is 0 Å². The first-order valence-electron chi connectivity index (χ1n) is 3.87. The van der Waals surface area contributed by atoms with Crippen LogP contribution in [0.15, 0.2) is 0 Å². The fraction of sp³-hybridized carbons (Fsp3) is 0.667. The van der Waals surface area contributed by atoms with Gasteiger partial charge in [0.05, 0.1) is 10.4 Å². The molecule has 0 aromatic heterocycles. The lowest BCUT2D eigenvalue weighted by Gasteiger charge is -2.21. The summed E-state index contributed by atoms with van der Waals surface area (Å²) in [5, 5.41) is 2.73. The van der Waals surface area contributed by atoms with Crippen LogP contribution in [0.4, 0.5) is 0 Å². The molecule has 0 aliphatic rings. The van der Waals surface area contributed by atoms with Crippen LogP contribution in [-0.4, -0.2) is 16.3 Å². The fourth-order valence-electron chi connectivity index (χ4n) is 0.608. The highest BCUT2D eigenvalue weighted by Crippen LogP contribution is 2.07. The molecule has 1 amide bonds. The molecule has 0 bridgehead atoms. The van der Waals surface area contributed by atoms with Gasteiger partial charge in [0.2, 0.25) is 5.91 Å². The SMILES string of the molecule is C#CC(C)(C)NC(=O)C(Br)CC. The van der Waals surface area contributed by atoms with Crippen molar-refractivity contribution in [1.29, 1.82) is 0 Å². The number of rotatable bonds is 3. The first kappa shape index (κ1) is 11.5. The highest BCUT2D eigenvalue weighted by atomic mass is 79.9. The summed E-state index contributed by atoms with van der Waals surface area (Å²) in [4.78, 5) is 11.1. The highest BCUT2D eigenvalue weighted by molar-refractivity contribution is 9.10. The zero-order valence-electron chi connectivity index (χ0n) is 7.65. The van der Waals surface area contributed by atoms with E-state index >= 15 is 0 Å². The average molecular weight is 232 g/mol. The Kier molecular flexibility index (Phi) is 4.33. The molecule has 0 radical (unpaired) electrons. The van der Waals surface area contributed by atoms with Gasteiger partial charge in [-0.25, -0.2) is 0 Å². The molecule has 0 aliphatic heterocycles. The summed E-state index contributed by atoms with van der Waals surface area (Å²) in [7, 11) is 0. The molecule has 12 heavy (non-hydrogen) atoms. The maximum Gasteiger partial charge on any atom is 0.234 e. The zero-order valence-corrected chi connectivity index (χ0v) is 9.23. The number of nitrogens with one attached hydrogen (secondary N) is 1. The Balaban J connectivity index is 4.12. The van der Waals surface area contributed by atoms with E-state index < -0.39 is 5.54 Å². The summed E-state index contributed by atoms with van der Waals surface area (Å²) in [6.45, 7) is 5.52. The second-order valence-corrected chi connectivity index (χ2v) is 4.24. The molecule has 2 nitrogen and oxygen atoms in total. The third-order valence-electron chi connectivity index (χ3n) is 1.44. The molecule has 0 aromatic rings. The van der Waals surface area contributed by atoms with Crippen LogP contribution in [0, 0.1) is 12.3 Å². The van der Waals surface area contributed by atoms with Crippen molar-refractivity contribution in [3.05, 3.63) is 0 Å². The molecule has 1 unspecified atom stereocenters. The summed E-state index contributed by atoms with van der Waals surface area (Å²) in [5.74, 6) is 2.44. The van der Waals surface area contributed by atoms with E-state index in [-0.39, 0.29) is 10.7 Å². The third-order valence-corrected chi connectivity index (χ3v) is 2.50. The minimum Gasteiger partial charge on any atom is -0.339 e. The quantitative estimate of drug-likeness (QED) is 0.582. The van der Waals surface area contributed by atoms with Gasteiger partial charge >= 0.3 is 0 Å². The standard InChI is InChI=1S/C9H14BrNO/c1-5-7(10)8(12)11-9(3,4)6-2/h2,7H,5H2,1,3-4H3,(H,11,12). The van der Waals surface area contributed by atoms with Crippen molar-refractivity contribution in [3.8, 4) is 12.3 Å². The average Bonchev–Trinajstić information content (AvgIpc) is 2.02. The zero-order chi connectivity index (χ0) is 9.78. The lowest BCUT2D eigenvalue weighted by atomic mass is 10.1. The van der Waals surface area contributed by atoms with Gasteiger partial charge in [-0.3, -0.25) is 4.79 Å². The number of halogens is 1. The summed E-state index contributed by atoms with van der Waals surface area (Å²) in [5.41, 5.74) is -0.557. The van der Waals surface area contributed by atoms with Gasteiger partial charge in [-0.05, 0) is 20.3 Å². The molecule has 1 atom stereocenters. The molecule has 0 heterocycles. The molecule has 3 heteroatoms. The minimum absolute atomic E-state index is 0.0551. The van der Waals surface area contributed by atoms with Crippen molar-refractivity contribution in [2.24, 2.45) is 0 Å². The van der Waals surface area contributed by atoms with E-state index in [0.717, 1.165) is 6.42 Å². The molecule has 0 spiro atoms. The van der Waals surface area contributed by atoms with Gasteiger partial charge in [-0.2, -0.15) is 0 Å². The molecule has 68 valence electrons. The van der Waals surface area contributed by atoms with Crippen LogP contribution >= 0.6 is 15.9 Å². The topological polar surface area (TPSA) is 29.1 Å². The van der Waals surface area contributed by atoms with Crippen molar-refractivity contribution in [1.82, 2.24) is 5.32 Å². The number of amides is 1. The van der Waals surface area contributed by atoms with E-state index in [1.165, 1.54) is 0 Å². The molecular formula is C9H14BrNO. The number of carbonyl (C=O) groups excluding carboxylic acids is 1. The largest absolute Gasteiger partial charge is 0.339 e. The van der Waals surface area contributed by atoms with Crippen LogP contribution in [0.3, 0.4) is 0 Å². The Hall–Kier alpha value is -0.490. The second-order valence-electron chi connectivity index (χ2n) is 3.13. The van der Waals surface area contributed by atoms with E-state index in [1.807, 2.05) is 6.92 Å². The normalized spacial score (nSPS) is 13.2. The monoisotopic (exact) mass is 231 g/mol. The lowest BCUT2D eigenvalue weighted by Crippen LogP contribution is -2.45. The lowest BCUT2D eigenvalue weighted by molar-refractivity contribution is -0.121. The minimum atomic E-state index is -0.557. The van der Waals surface area contributed by atoms with E-state index in [4.69, 9.17) is 6.42 Å². The number of alkyl halides is 1. The number of terminal acetylenes is 1. The van der Waals surface area contributed by atoms with Crippen molar-refractivity contribution in [2.45, 2.75) is 37.6 Å². The van der Waals surface area contributed by atoms with Gasteiger partial charge in [0.1, 0.15) is 0 Å². The molecule has 1 N–H and O–H groups in total. The van der Waals surface area contributed by atoms with Crippen molar-refractivity contribution >= 4 is 21.8 Å². The van der Waals surface area contributed by atoms with Gasteiger partial charge in [0, 0.05) is 0 Å². The van der Waals surface area contributed by atoms with Crippen molar-refractivity contribution < 1.29 is 4.79 Å². The van der Waals surface area contributed by atoms with Crippen LogP contribution in [0.25, 0.3) is 0 Å². The maximum absolute atomic E-state index is 11.3. The number of hydrogen-bond donors (Lipinski definition) is 1. The van der Waals surface area contributed by atoms with Gasteiger partial charge < -0.3 is 5.32 Å². The molecule has 0 rings (SSSR count). The summed E-state index contributed by atoms with van der Waals surface area (Å²) in [6.07, 6.45) is 5.97. The van der Waals surface area contributed by atoms with Gasteiger partial charge in [0.15, 0.2) is 0 Å². The Bertz CT molecular complexity index is 205. The number of hydrogen-bond acceptors (Lipinski definition) is 1. The van der Waals surface area contributed by atoms with E-state index in [2.05, 4.69) is 27.2 Å². The van der Waals surface area contributed by atoms with E-state index in [9.17, 15) is 4.79 Å². The van der Waals surface area contributed by atoms with Crippen LogP contribution in [0.1, 0.15) is 27.2 Å². The molecule has 0 saturated carbocycles. The van der Waals surface area contributed by atoms with E-state index in [1.54, 1.807) is 13.8 Å². The van der Waals surface area contributed by atoms with Crippen LogP contribution < -0.4 is 5.32 Å².